The largest absolute Gasteiger partial charge is 0.486 e. The molecule has 2 fully saturated rings. The average Bonchev–Trinajstić information content (AvgIpc) is 3.78. The van der Waals surface area contributed by atoms with Gasteiger partial charge in [0, 0.05) is 6.42 Å². The zero-order valence-electron chi connectivity index (χ0n) is 22.0. The number of alkyl halides is 3. The molecule has 0 spiro atoms. The fourth-order valence-corrected chi connectivity index (χ4v) is 6.47. The van der Waals surface area contributed by atoms with Crippen LogP contribution in [0.15, 0.2) is 47.4 Å². The van der Waals surface area contributed by atoms with Crippen molar-refractivity contribution >= 4 is 27.6 Å². The number of esters is 1. The minimum Gasteiger partial charge on any atom is -0.486 e. The molecule has 2 aromatic carbocycles. The summed E-state index contributed by atoms with van der Waals surface area (Å²) in [4.78, 5) is 24.3. The Kier molecular flexibility index (Phi) is 6.83. The molecular weight excluding hydrogens is 551 g/mol. The second-order valence-corrected chi connectivity index (χ2v) is 13.2. The first-order valence-electron chi connectivity index (χ1n) is 13.1. The second-order valence-electron chi connectivity index (χ2n) is 11.4. The van der Waals surface area contributed by atoms with Crippen LogP contribution in [-0.4, -0.2) is 49.9 Å². The van der Waals surface area contributed by atoms with Crippen LogP contribution in [0.4, 0.5) is 18.9 Å². The number of hydrogen-bond acceptors (Lipinski definition) is 6. The Balaban J connectivity index is 1.47. The van der Waals surface area contributed by atoms with E-state index in [9.17, 15) is 36.3 Å². The molecule has 1 heterocycles. The molecule has 1 N–H and O–H groups in total. The SMILES string of the molecule is CC(C)(OC(=O)Cc1ccc2c(c1)N(S(=O)(=O)c1cccc(C3CC3)c1)C[C@H](CC1(C(=O)O)CC1)O2)C(F)(F)F. The maximum absolute atomic E-state index is 14.0. The fourth-order valence-electron chi connectivity index (χ4n) is 4.91. The number of fused-ring (bicyclic) bond motifs is 1. The molecule has 216 valence electrons. The van der Waals surface area contributed by atoms with Crippen molar-refractivity contribution in [3.05, 3.63) is 53.6 Å². The van der Waals surface area contributed by atoms with E-state index >= 15 is 0 Å². The van der Waals surface area contributed by atoms with Crippen LogP contribution in [0.5, 0.6) is 5.75 Å². The third kappa shape index (κ3) is 5.50. The molecule has 5 rings (SSSR count). The average molecular weight is 582 g/mol. The lowest BCUT2D eigenvalue weighted by Crippen LogP contribution is -2.45. The van der Waals surface area contributed by atoms with Gasteiger partial charge in [0.25, 0.3) is 10.0 Å². The first-order valence-corrected chi connectivity index (χ1v) is 14.5. The predicted molar refractivity (Wildman–Crippen MR) is 138 cm³/mol. The quantitative estimate of drug-likeness (QED) is 0.405. The molecule has 2 saturated carbocycles. The number of sulfonamides is 1. The number of hydrogen-bond donors (Lipinski definition) is 1. The molecule has 2 aliphatic carbocycles. The summed E-state index contributed by atoms with van der Waals surface area (Å²) in [5.74, 6) is -1.60. The Morgan fingerprint density at radius 2 is 1.82 bits per heavy atom. The zero-order valence-corrected chi connectivity index (χ0v) is 22.8. The lowest BCUT2D eigenvalue weighted by molar-refractivity contribution is -0.257. The van der Waals surface area contributed by atoms with Crippen LogP contribution in [-0.2, 0) is 30.8 Å². The van der Waals surface area contributed by atoms with Gasteiger partial charge in [0.2, 0.25) is 5.60 Å². The summed E-state index contributed by atoms with van der Waals surface area (Å²) in [6.45, 7) is 1.34. The molecule has 0 bridgehead atoms. The number of benzene rings is 2. The molecule has 8 nitrogen and oxygen atoms in total. The van der Waals surface area contributed by atoms with Gasteiger partial charge in [-0.15, -0.1) is 0 Å². The van der Waals surface area contributed by atoms with Crippen LogP contribution in [0.1, 0.15) is 63.0 Å². The van der Waals surface area contributed by atoms with Gasteiger partial charge >= 0.3 is 18.1 Å². The van der Waals surface area contributed by atoms with Gasteiger partial charge in [-0.2, -0.15) is 13.2 Å². The number of carbonyl (C=O) groups excluding carboxylic acids is 1. The molecule has 1 aliphatic heterocycles. The Morgan fingerprint density at radius 1 is 1.12 bits per heavy atom. The van der Waals surface area contributed by atoms with Crippen LogP contribution < -0.4 is 9.04 Å². The molecule has 1 atom stereocenters. The molecule has 0 saturated heterocycles. The molecule has 2 aromatic rings. The number of aliphatic carboxylic acids is 1. The minimum atomic E-state index is -4.77. The Morgan fingerprint density at radius 3 is 2.42 bits per heavy atom. The number of ether oxygens (including phenoxy) is 2. The van der Waals surface area contributed by atoms with E-state index in [1.807, 2.05) is 6.07 Å². The third-order valence-electron chi connectivity index (χ3n) is 7.78. The van der Waals surface area contributed by atoms with Crippen molar-refractivity contribution in [3.8, 4) is 5.75 Å². The van der Waals surface area contributed by atoms with Gasteiger partial charge in [-0.05, 0) is 80.8 Å². The van der Waals surface area contributed by atoms with Gasteiger partial charge in [-0.25, -0.2) is 8.42 Å². The van der Waals surface area contributed by atoms with E-state index < -0.39 is 51.7 Å². The normalized spacial score (nSPS) is 20.3. The minimum absolute atomic E-state index is 0.0691. The number of anilines is 1. The summed E-state index contributed by atoms with van der Waals surface area (Å²) in [5, 5.41) is 9.67. The predicted octanol–water partition coefficient (Wildman–Crippen LogP) is 5.20. The summed E-state index contributed by atoms with van der Waals surface area (Å²) in [6, 6.07) is 11.0. The van der Waals surface area contributed by atoms with Crippen molar-refractivity contribution in [1.29, 1.82) is 0 Å². The van der Waals surface area contributed by atoms with E-state index in [1.165, 1.54) is 24.3 Å². The van der Waals surface area contributed by atoms with Crippen molar-refractivity contribution in [2.24, 2.45) is 5.41 Å². The highest BCUT2D eigenvalue weighted by Gasteiger charge is 2.53. The van der Waals surface area contributed by atoms with E-state index in [0.717, 1.165) is 36.6 Å². The van der Waals surface area contributed by atoms with Gasteiger partial charge in [0.1, 0.15) is 11.9 Å². The van der Waals surface area contributed by atoms with E-state index in [0.29, 0.717) is 18.8 Å². The van der Waals surface area contributed by atoms with Gasteiger partial charge in [-0.1, -0.05) is 18.2 Å². The van der Waals surface area contributed by atoms with E-state index in [2.05, 4.69) is 4.74 Å². The van der Waals surface area contributed by atoms with Crippen molar-refractivity contribution in [2.45, 2.75) is 81.1 Å². The number of nitrogens with zero attached hydrogens (tertiary/aromatic N) is 1. The molecule has 12 heteroatoms. The maximum Gasteiger partial charge on any atom is 0.427 e. The number of rotatable bonds is 9. The van der Waals surface area contributed by atoms with Crippen molar-refractivity contribution in [2.75, 3.05) is 10.8 Å². The molecule has 3 aliphatic rings. The topological polar surface area (TPSA) is 110 Å². The highest BCUT2D eigenvalue weighted by Crippen LogP contribution is 2.51. The molecule has 0 aromatic heterocycles. The highest BCUT2D eigenvalue weighted by atomic mass is 32.2. The number of carboxylic acid groups (broad SMARTS) is 1. The smallest absolute Gasteiger partial charge is 0.427 e. The fraction of sp³-hybridized carbons (Fsp3) is 0.500. The lowest BCUT2D eigenvalue weighted by Gasteiger charge is -2.36. The third-order valence-corrected chi connectivity index (χ3v) is 9.55. The van der Waals surface area contributed by atoms with Crippen molar-refractivity contribution in [3.63, 3.8) is 0 Å². The summed E-state index contributed by atoms with van der Waals surface area (Å²) < 4.78 is 79.4. The van der Waals surface area contributed by atoms with Gasteiger partial charge in [0.05, 0.1) is 29.0 Å². The van der Waals surface area contributed by atoms with Crippen molar-refractivity contribution in [1.82, 2.24) is 0 Å². The van der Waals surface area contributed by atoms with Gasteiger partial charge in [0.15, 0.2) is 0 Å². The molecule has 0 radical (unpaired) electrons. The second kappa shape index (κ2) is 9.67. The van der Waals surface area contributed by atoms with E-state index in [-0.39, 0.29) is 34.9 Å². The van der Waals surface area contributed by atoms with Crippen LogP contribution >= 0.6 is 0 Å². The first kappa shape index (κ1) is 28.3. The molecular formula is C28H30F3NO7S. The summed E-state index contributed by atoms with van der Waals surface area (Å²) in [7, 11) is -4.14. The summed E-state index contributed by atoms with van der Waals surface area (Å²) >= 11 is 0. The van der Waals surface area contributed by atoms with E-state index in [1.54, 1.807) is 12.1 Å². The van der Waals surface area contributed by atoms with Crippen LogP contribution in [0, 0.1) is 5.41 Å². The van der Waals surface area contributed by atoms with Gasteiger partial charge < -0.3 is 14.6 Å². The van der Waals surface area contributed by atoms with Crippen LogP contribution in [0.25, 0.3) is 0 Å². The number of halogens is 3. The Hall–Kier alpha value is -3.28. The number of carboxylic acids is 1. The summed E-state index contributed by atoms with van der Waals surface area (Å²) in [6.07, 6.45) is -3.00. The van der Waals surface area contributed by atoms with Gasteiger partial charge in [-0.3, -0.25) is 13.9 Å². The standard InChI is InChI=1S/C28H30F3NO7S/c1-26(2,28(29,30)31)39-24(33)13-17-6-9-23-22(12-17)32(16-20(38-23)15-27(10-11-27)25(34)35)40(36,37)21-5-3-4-19(14-21)18-7-8-18/h3-6,9,12,14,18,20H,7-8,10-11,13,15-16H2,1-2H3,(H,34,35)/t20-/m0/s1. The summed E-state index contributed by atoms with van der Waals surface area (Å²) in [5.41, 5.74) is -2.39. The van der Waals surface area contributed by atoms with Crippen LogP contribution in [0.3, 0.4) is 0 Å². The molecule has 0 unspecified atom stereocenters. The van der Waals surface area contributed by atoms with Crippen LogP contribution in [0.2, 0.25) is 0 Å². The monoisotopic (exact) mass is 581 g/mol. The van der Waals surface area contributed by atoms with E-state index in [4.69, 9.17) is 4.74 Å². The first-order chi connectivity index (χ1) is 18.6. The maximum atomic E-state index is 14.0. The molecule has 40 heavy (non-hydrogen) atoms. The molecule has 0 amide bonds. The highest BCUT2D eigenvalue weighted by molar-refractivity contribution is 7.92. The number of carbonyl (C=O) groups is 2. The van der Waals surface area contributed by atoms with Crippen molar-refractivity contribution < 1.29 is 45.8 Å². The Labute approximate surface area is 230 Å². The zero-order chi connectivity index (χ0) is 29.1. The Bertz CT molecular complexity index is 1450. The lowest BCUT2D eigenvalue weighted by atomic mass is 9.97.